The molecule has 2 aliphatic heterocycles. The number of anilines is 2. The molecule has 0 saturated heterocycles. The molecular formula is C21H16N2O4. The zero-order chi connectivity index (χ0) is 18.4. The van der Waals surface area contributed by atoms with Gasteiger partial charge in [-0.2, -0.15) is 0 Å². The van der Waals surface area contributed by atoms with Crippen molar-refractivity contribution < 1.29 is 19.4 Å². The quantitative estimate of drug-likeness (QED) is 0.725. The van der Waals surface area contributed by atoms with E-state index in [0.29, 0.717) is 22.7 Å². The average Bonchev–Trinajstić information content (AvgIpc) is 3.16. The molecule has 134 valence electrons. The number of benzene rings is 3. The van der Waals surface area contributed by atoms with Crippen LogP contribution in [0, 0.1) is 0 Å². The van der Waals surface area contributed by atoms with Gasteiger partial charge < -0.3 is 19.9 Å². The van der Waals surface area contributed by atoms with Gasteiger partial charge in [-0.25, -0.2) is 0 Å². The summed E-state index contributed by atoms with van der Waals surface area (Å²) in [6, 6.07) is 19.7. The van der Waals surface area contributed by atoms with Crippen LogP contribution in [-0.4, -0.2) is 17.8 Å². The Kier molecular flexibility index (Phi) is 3.43. The van der Waals surface area contributed by atoms with Crippen LogP contribution >= 0.6 is 0 Å². The second kappa shape index (κ2) is 5.95. The third kappa shape index (κ3) is 2.54. The number of phenols is 1. The van der Waals surface area contributed by atoms with Crippen LogP contribution in [0.4, 0.5) is 11.4 Å². The van der Waals surface area contributed by atoms with Gasteiger partial charge in [-0.15, -0.1) is 0 Å². The Labute approximate surface area is 155 Å². The number of para-hydroxylation sites is 1. The maximum Gasteiger partial charge on any atom is 0.262 e. The largest absolute Gasteiger partial charge is 0.508 e. The summed E-state index contributed by atoms with van der Waals surface area (Å²) in [5.74, 6) is 1.28. The first-order valence-electron chi connectivity index (χ1n) is 8.58. The number of carbonyl (C=O) groups excluding carboxylic acids is 1. The molecule has 6 heteroatoms. The third-order valence-corrected chi connectivity index (χ3v) is 4.75. The fourth-order valence-electron chi connectivity index (χ4n) is 3.48. The van der Waals surface area contributed by atoms with E-state index < -0.39 is 6.17 Å². The van der Waals surface area contributed by atoms with Gasteiger partial charge in [-0.3, -0.25) is 9.69 Å². The van der Waals surface area contributed by atoms with Gasteiger partial charge in [0.05, 0.1) is 11.3 Å². The number of aromatic hydroxyl groups is 1. The SMILES string of the molecule is O=C1c2ccccc2N[C@@H](c2cccc(O)c2)N1c1ccc2c(c1)OCO2. The molecule has 5 rings (SSSR count). The number of hydrogen-bond donors (Lipinski definition) is 2. The van der Waals surface area contributed by atoms with E-state index in [9.17, 15) is 9.90 Å². The Morgan fingerprint density at radius 3 is 2.70 bits per heavy atom. The second-order valence-electron chi connectivity index (χ2n) is 6.40. The van der Waals surface area contributed by atoms with Crippen LogP contribution in [0.25, 0.3) is 0 Å². The standard InChI is InChI=1S/C21H16N2O4/c24-15-5-3-4-13(10-15)20-22-17-7-2-1-6-16(17)21(25)23(20)14-8-9-18-19(11-14)27-12-26-18/h1-11,20,22,24H,12H2/t20-/m1/s1. The van der Waals surface area contributed by atoms with Gasteiger partial charge in [-0.1, -0.05) is 24.3 Å². The van der Waals surface area contributed by atoms with Gasteiger partial charge in [0.1, 0.15) is 11.9 Å². The predicted octanol–water partition coefficient (Wildman–Crippen LogP) is 3.89. The molecule has 2 heterocycles. The highest BCUT2D eigenvalue weighted by molar-refractivity contribution is 6.12. The van der Waals surface area contributed by atoms with Crippen molar-refractivity contribution in [3.8, 4) is 17.2 Å². The topological polar surface area (TPSA) is 71.0 Å². The molecule has 0 radical (unpaired) electrons. The highest BCUT2D eigenvalue weighted by Gasteiger charge is 2.34. The molecule has 0 aromatic heterocycles. The van der Waals surface area contributed by atoms with E-state index in [1.54, 1.807) is 41.3 Å². The van der Waals surface area contributed by atoms with Crippen molar-refractivity contribution in [1.29, 1.82) is 0 Å². The molecule has 0 spiro atoms. The summed E-state index contributed by atoms with van der Waals surface area (Å²) in [4.78, 5) is 15.0. The maximum atomic E-state index is 13.3. The lowest BCUT2D eigenvalue weighted by Gasteiger charge is -2.38. The van der Waals surface area contributed by atoms with Crippen LogP contribution in [0.3, 0.4) is 0 Å². The minimum Gasteiger partial charge on any atom is -0.508 e. The molecule has 2 aliphatic rings. The normalized spacial score (nSPS) is 17.4. The summed E-state index contributed by atoms with van der Waals surface area (Å²) in [5, 5.41) is 13.3. The summed E-state index contributed by atoms with van der Waals surface area (Å²) in [5.41, 5.74) is 2.80. The molecule has 0 aliphatic carbocycles. The number of amides is 1. The summed E-state index contributed by atoms with van der Waals surface area (Å²) >= 11 is 0. The molecular weight excluding hydrogens is 344 g/mol. The number of nitrogens with one attached hydrogen (secondary N) is 1. The molecule has 2 N–H and O–H groups in total. The Balaban J connectivity index is 1.66. The van der Waals surface area contributed by atoms with E-state index in [4.69, 9.17) is 9.47 Å². The van der Waals surface area contributed by atoms with E-state index in [1.807, 2.05) is 30.3 Å². The summed E-state index contributed by atoms with van der Waals surface area (Å²) in [6.07, 6.45) is -0.472. The summed E-state index contributed by atoms with van der Waals surface area (Å²) in [7, 11) is 0. The molecule has 27 heavy (non-hydrogen) atoms. The minimum absolute atomic E-state index is 0.128. The van der Waals surface area contributed by atoms with Crippen molar-refractivity contribution in [3.63, 3.8) is 0 Å². The van der Waals surface area contributed by atoms with Gasteiger partial charge >= 0.3 is 0 Å². The predicted molar refractivity (Wildman–Crippen MR) is 100 cm³/mol. The highest BCUT2D eigenvalue weighted by atomic mass is 16.7. The first kappa shape index (κ1) is 15.6. The summed E-state index contributed by atoms with van der Waals surface area (Å²) < 4.78 is 10.9. The fraction of sp³-hybridized carbons (Fsp3) is 0.0952. The number of hydrogen-bond acceptors (Lipinski definition) is 5. The van der Waals surface area contributed by atoms with Crippen molar-refractivity contribution in [1.82, 2.24) is 0 Å². The number of carbonyl (C=O) groups is 1. The number of ether oxygens (including phenoxy) is 2. The van der Waals surface area contributed by atoms with E-state index in [1.165, 1.54) is 0 Å². The lowest BCUT2D eigenvalue weighted by atomic mass is 10.0. The molecule has 3 aromatic rings. The van der Waals surface area contributed by atoms with Gasteiger partial charge in [0, 0.05) is 11.8 Å². The number of nitrogens with zero attached hydrogens (tertiary/aromatic N) is 1. The fourth-order valence-corrected chi connectivity index (χ4v) is 3.48. The van der Waals surface area contributed by atoms with E-state index in [0.717, 1.165) is 11.3 Å². The lowest BCUT2D eigenvalue weighted by molar-refractivity contribution is 0.0975. The van der Waals surface area contributed by atoms with Crippen molar-refractivity contribution >= 4 is 17.3 Å². The average molecular weight is 360 g/mol. The van der Waals surface area contributed by atoms with Crippen LogP contribution in [0.1, 0.15) is 22.1 Å². The molecule has 0 unspecified atom stereocenters. The van der Waals surface area contributed by atoms with Crippen LogP contribution < -0.4 is 19.7 Å². The van der Waals surface area contributed by atoms with Crippen molar-refractivity contribution in [2.24, 2.45) is 0 Å². The van der Waals surface area contributed by atoms with Crippen LogP contribution in [-0.2, 0) is 0 Å². The zero-order valence-corrected chi connectivity index (χ0v) is 14.3. The van der Waals surface area contributed by atoms with Gasteiger partial charge in [-0.05, 0) is 42.0 Å². The minimum atomic E-state index is -0.472. The van der Waals surface area contributed by atoms with Gasteiger partial charge in [0.2, 0.25) is 6.79 Å². The molecule has 0 bridgehead atoms. The monoisotopic (exact) mass is 360 g/mol. The summed E-state index contributed by atoms with van der Waals surface area (Å²) in [6.45, 7) is 0.170. The van der Waals surface area contributed by atoms with Crippen molar-refractivity contribution in [2.45, 2.75) is 6.17 Å². The lowest BCUT2D eigenvalue weighted by Crippen LogP contribution is -2.43. The van der Waals surface area contributed by atoms with Crippen LogP contribution in [0.15, 0.2) is 66.7 Å². The van der Waals surface area contributed by atoms with E-state index in [-0.39, 0.29) is 18.4 Å². The first-order chi connectivity index (χ1) is 13.2. The molecule has 3 aromatic carbocycles. The van der Waals surface area contributed by atoms with E-state index in [2.05, 4.69) is 5.32 Å². The van der Waals surface area contributed by atoms with Crippen LogP contribution in [0.5, 0.6) is 17.2 Å². The van der Waals surface area contributed by atoms with Crippen molar-refractivity contribution in [2.75, 3.05) is 17.0 Å². The molecule has 0 saturated carbocycles. The van der Waals surface area contributed by atoms with Crippen LogP contribution in [0.2, 0.25) is 0 Å². The van der Waals surface area contributed by atoms with Crippen molar-refractivity contribution in [3.05, 3.63) is 77.9 Å². The first-order valence-corrected chi connectivity index (χ1v) is 8.58. The molecule has 6 nitrogen and oxygen atoms in total. The Morgan fingerprint density at radius 1 is 0.963 bits per heavy atom. The Hall–Kier alpha value is -3.67. The van der Waals surface area contributed by atoms with Gasteiger partial charge in [0.15, 0.2) is 11.5 Å². The number of phenolic OH excluding ortho intramolecular Hbond substituents is 1. The molecule has 1 amide bonds. The highest BCUT2D eigenvalue weighted by Crippen LogP contribution is 2.41. The number of rotatable bonds is 2. The molecule has 0 fully saturated rings. The second-order valence-corrected chi connectivity index (χ2v) is 6.40. The zero-order valence-electron chi connectivity index (χ0n) is 14.3. The Morgan fingerprint density at radius 2 is 1.81 bits per heavy atom. The third-order valence-electron chi connectivity index (χ3n) is 4.75. The van der Waals surface area contributed by atoms with E-state index >= 15 is 0 Å². The van der Waals surface area contributed by atoms with Gasteiger partial charge in [0.25, 0.3) is 5.91 Å². The number of fused-ring (bicyclic) bond motifs is 2. The maximum absolute atomic E-state index is 13.3. The smallest absolute Gasteiger partial charge is 0.262 e. The Bertz CT molecular complexity index is 1050. The molecule has 1 atom stereocenters.